The van der Waals surface area contributed by atoms with Gasteiger partial charge in [-0.05, 0) is 74.5 Å². The number of fused-ring (bicyclic) bond motifs is 2. The van der Waals surface area contributed by atoms with E-state index in [0.29, 0.717) is 59.4 Å². The van der Waals surface area contributed by atoms with Crippen LogP contribution < -0.4 is 19.7 Å². The molecule has 4 aliphatic rings. The lowest BCUT2D eigenvalue weighted by Crippen LogP contribution is -2.39. The molecule has 0 radical (unpaired) electrons. The Morgan fingerprint density at radius 2 is 2.09 bits per heavy atom. The largest absolute Gasteiger partial charge is 0.508 e. The summed E-state index contributed by atoms with van der Waals surface area (Å²) < 4.78 is 59.0. The molecule has 0 bridgehead atoms. The monoisotopic (exact) mass is 641 g/mol. The smallest absolute Gasteiger partial charge is 0.324 e. The molecule has 0 amide bonds. The van der Waals surface area contributed by atoms with Crippen molar-refractivity contribution in [2.45, 2.75) is 50.4 Å². The number of hydrogen-bond acceptors (Lipinski definition) is 8. The van der Waals surface area contributed by atoms with Crippen LogP contribution in [0.4, 0.5) is 19.0 Å². The number of phenolic OH excluding ortho intramolecular Hbond substituents is 1. The third kappa shape index (κ3) is 4.76. The second-order valence-electron chi connectivity index (χ2n) is 12.9. The van der Waals surface area contributed by atoms with Crippen LogP contribution in [0.5, 0.6) is 17.5 Å². The lowest BCUT2D eigenvalue weighted by Gasteiger charge is -2.29. The highest BCUT2D eigenvalue weighted by Gasteiger charge is 2.47. The summed E-state index contributed by atoms with van der Waals surface area (Å²) in [5, 5.41) is 15.3. The Morgan fingerprint density at radius 1 is 1.21 bits per heavy atom. The first-order valence-electron chi connectivity index (χ1n) is 16.1. The zero-order valence-corrected chi connectivity index (χ0v) is 26.0. The molecule has 242 valence electrons. The molecule has 0 spiro atoms. The predicted molar refractivity (Wildman–Crippen MR) is 174 cm³/mol. The maximum atomic E-state index is 17.2. The highest BCUT2D eigenvalue weighted by atomic mass is 19.1. The van der Waals surface area contributed by atoms with Gasteiger partial charge in [0.05, 0.1) is 23.8 Å². The number of nitrogens with one attached hydrogen (secondary N) is 1. The number of halogens is 3. The van der Waals surface area contributed by atoms with Crippen LogP contribution >= 0.6 is 0 Å². The number of aromatic nitrogens is 2. The number of alkyl halides is 1. The lowest BCUT2D eigenvalue weighted by atomic mass is 9.90. The van der Waals surface area contributed by atoms with Crippen molar-refractivity contribution in [2.75, 3.05) is 44.2 Å². The molecule has 5 heterocycles. The van der Waals surface area contributed by atoms with Crippen LogP contribution in [0.2, 0.25) is 0 Å². The van der Waals surface area contributed by atoms with Gasteiger partial charge in [0, 0.05) is 47.6 Å². The fourth-order valence-corrected chi connectivity index (χ4v) is 8.14. The first-order chi connectivity index (χ1) is 22.8. The van der Waals surface area contributed by atoms with Crippen molar-refractivity contribution in [3.05, 3.63) is 59.4 Å². The van der Waals surface area contributed by atoms with Crippen LogP contribution in [0, 0.1) is 30.9 Å². The van der Waals surface area contributed by atoms with Gasteiger partial charge in [-0.2, -0.15) is 9.97 Å². The molecule has 3 saturated heterocycles. The van der Waals surface area contributed by atoms with Gasteiger partial charge in [-0.3, -0.25) is 4.90 Å². The summed E-state index contributed by atoms with van der Waals surface area (Å²) in [5.41, 5.74) is 0.256. The van der Waals surface area contributed by atoms with Gasteiger partial charge in [0.1, 0.15) is 41.4 Å². The van der Waals surface area contributed by atoms with Crippen LogP contribution in [-0.2, 0) is 0 Å². The molecule has 0 aliphatic carbocycles. The Balaban J connectivity index is 1.34. The molecule has 3 atom stereocenters. The molecule has 8 nitrogen and oxygen atoms in total. The fraction of sp³-hybridized carbons (Fsp3) is 0.389. The van der Waals surface area contributed by atoms with E-state index in [-0.39, 0.29) is 40.0 Å². The maximum Gasteiger partial charge on any atom is 0.324 e. The van der Waals surface area contributed by atoms with Gasteiger partial charge in [-0.25, -0.2) is 13.2 Å². The number of hydrogen-bond donors (Lipinski definition) is 2. The Kier molecular flexibility index (Phi) is 7.19. The number of terminal acetylenes is 1. The van der Waals surface area contributed by atoms with Crippen molar-refractivity contribution in [2.24, 2.45) is 0 Å². The molecule has 4 aromatic rings. The summed E-state index contributed by atoms with van der Waals surface area (Å²) in [6.45, 7) is 5.33. The molecule has 47 heavy (non-hydrogen) atoms. The standard InChI is InChI=1S/C36H34F3N5O3/c1-3-25-27(38)6-5-21-15-24(45)16-26(29(21)25)28-20(2)33-30-32(31(28)39)41-35(42-34(30)44(12-14-46-33)23-7-10-40-18-23)47-13-9-36-8-4-11-43(36)19-22(37)17-36/h1,5-6,9,13,15-16,22-23,40,45H,4,7-8,10-12,14,17-19H2,2H3/b13-9+/t22-,23?,36?/m1/s1. The van der Waals surface area contributed by atoms with Crippen molar-refractivity contribution in [1.29, 1.82) is 0 Å². The van der Waals surface area contributed by atoms with E-state index in [1.54, 1.807) is 6.92 Å². The summed E-state index contributed by atoms with van der Waals surface area (Å²) in [4.78, 5) is 13.7. The van der Waals surface area contributed by atoms with E-state index >= 15 is 8.78 Å². The number of phenols is 1. The van der Waals surface area contributed by atoms with E-state index < -0.39 is 23.3 Å². The third-order valence-electron chi connectivity index (χ3n) is 10.2. The summed E-state index contributed by atoms with van der Waals surface area (Å²) in [7, 11) is 0. The normalized spacial score (nSPS) is 24.2. The second-order valence-corrected chi connectivity index (χ2v) is 12.9. The fourth-order valence-electron chi connectivity index (χ4n) is 8.14. The van der Waals surface area contributed by atoms with Gasteiger partial charge in [0.2, 0.25) is 0 Å². The summed E-state index contributed by atoms with van der Waals surface area (Å²) in [6, 6.07) is 5.61. The zero-order chi connectivity index (χ0) is 32.4. The highest BCUT2D eigenvalue weighted by molar-refractivity contribution is 6.07. The molecule has 0 saturated carbocycles. The van der Waals surface area contributed by atoms with Gasteiger partial charge in [0.15, 0.2) is 5.82 Å². The van der Waals surface area contributed by atoms with Gasteiger partial charge in [-0.15, -0.1) is 6.42 Å². The number of aromatic hydroxyl groups is 1. The highest BCUT2D eigenvalue weighted by Crippen LogP contribution is 2.48. The summed E-state index contributed by atoms with van der Waals surface area (Å²) in [6.07, 6.45) is 11.3. The number of rotatable bonds is 5. The molecule has 3 aromatic carbocycles. The van der Waals surface area contributed by atoms with Gasteiger partial charge < -0.3 is 24.8 Å². The van der Waals surface area contributed by atoms with Crippen molar-refractivity contribution in [3.8, 4) is 41.0 Å². The van der Waals surface area contributed by atoms with E-state index in [1.165, 1.54) is 30.5 Å². The first-order valence-corrected chi connectivity index (χ1v) is 16.1. The van der Waals surface area contributed by atoms with E-state index in [0.717, 1.165) is 38.9 Å². The SMILES string of the molecule is C#Cc1c(F)ccc2cc(O)cc(-c3c(C)c4c5c(nc(O/C=C/C67CCCN6C[C@H](F)C7)nc5c3F)N(C3CCNC3)CCO4)c12. The number of anilines is 1. The molecular weight excluding hydrogens is 607 g/mol. The molecule has 3 fully saturated rings. The van der Waals surface area contributed by atoms with Gasteiger partial charge in [-0.1, -0.05) is 12.0 Å². The van der Waals surface area contributed by atoms with Gasteiger partial charge in [0.25, 0.3) is 0 Å². The molecule has 2 unspecified atom stereocenters. The molecule has 1 aromatic heterocycles. The Labute approximate surface area is 270 Å². The van der Waals surface area contributed by atoms with Crippen LogP contribution in [0.3, 0.4) is 0 Å². The Morgan fingerprint density at radius 3 is 2.89 bits per heavy atom. The first kappa shape index (κ1) is 29.8. The average Bonchev–Trinajstić information content (AvgIpc) is 3.74. The summed E-state index contributed by atoms with van der Waals surface area (Å²) >= 11 is 0. The molecular formula is C36H34F3N5O3. The number of ether oxygens (including phenoxy) is 2. The van der Waals surface area contributed by atoms with Gasteiger partial charge >= 0.3 is 6.01 Å². The maximum absolute atomic E-state index is 17.2. The van der Waals surface area contributed by atoms with E-state index in [1.807, 2.05) is 6.08 Å². The van der Waals surface area contributed by atoms with E-state index in [4.69, 9.17) is 20.9 Å². The second kappa shape index (κ2) is 11.3. The van der Waals surface area contributed by atoms with Crippen LogP contribution in [-0.4, -0.2) is 77.1 Å². The Hall–Kier alpha value is -4.53. The van der Waals surface area contributed by atoms with Crippen molar-refractivity contribution < 1.29 is 27.8 Å². The van der Waals surface area contributed by atoms with Crippen LogP contribution in [0.25, 0.3) is 32.8 Å². The minimum absolute atomic E-state index is 0.0349. The third-order valence-corrected chi connectivity index (χ3v) is 10.2. The van der Waals surface area contributed by atoms with Crippen molar-refractivity contribution in [3.63, 3.8) is 0 Å². The van der Waals surface area contributed by atoms with Crippen molar-refractivity contribution in [1.82, 2.24) is 20.2 Å². The minimum atomic E-state index is -0.898. The predicted octanol–water partition coefficient (Wildman–Crippen LogP) is 5.75. The quantitative estimate of drug-likeness (QED) is 0.211. The minimum Gasteiger partial charge on any atom is -0.508 e. The average molecular weight is 642 g/mol. The topological polar surface area (TPSA) is 83.0 Å². The van der Waals surface area contributed by atoms with E-state index in [2.05, 4.69) is 26.0 Å². The molecule has 2 N–H and O–H groups in total. The number of nitrogens with zero attached hydrogens (tertiary/aromatic N) is 4. The molecule has 11 heteroatoms. The lowest BCUT2D eigenvalue weighted by molar-refractivity contribution is 0.243. The number of benzene rings is 3. The summed E-state index contributed by atoms with van der Waals surface area (Å²) in [5.74, 6) is 1.84. The molecule has 4 aliphatic heterocycles. The molecule has 8 rings (SSSR count). The zero-order valence-electron chi connectivity index (χ0n) is 26.0. The Bertz CT molecular complexity index is 2010. The van der Waals surface area contributed by atoms with Crippen molar-refractivity contribution >= 4 is 27.5 Å². The van der Waals surface area contributed by atoms with E-state index in [9.17, 15) is 9.50 Å². The van der Waals surface area contributed by atoms with Crippen LogP contribution in [0.15, 0.2) is 36.6 Å². The van der Waals surface area contributed by atoms with Crippen LogP contribution in [0.1, 0.15) is 36.8 Å².